The summed E-state index contributed by atoms with van der Waals surface area (Å²) >= 11 is 0. The van der Waals surface area contributed by atoms with Crippen LogP contribution in [-0.2, 0) is 14.3 Å². The lowest BCUT2D eigenvalue weighted by atomic mass is 10.0. The summed E-state index contributed by atoms with van der Waals surface area (Å²) in [5.74, 6) is -0.815. The Kier molecular flexibility index (Phi) is 12.3. The summed E-state index contributed by atoms with van der Waals surface area (Å²) in [4.78, 5) is 41.2. The summed E-state index contributed by atoms with van der Waals surface area (Å²) in [6.45, 7) is 11.2. The highest BCUT2D eigenvalue weighted by Gasteiger charge is 2.32. The monoisotopic (exact) mass is 539 g/mol. The molecule has 2 aromatic rings. The van der Waals surface area contributed by atoms with Crippen LogP contribution in [0.4, 0.5) is 10.5 Å². The van der Waals surface area contributed by atoms with Crippen molar-refractivity contribution < 1.29 is 24.2 Å². The summed E-state index contributed by atoms with van der Waals surface area (Å²) in [6, 6.07) is 11.1. The number of hydrogen-bond donors (Lipinski definition) is 3. The number of nitrogens with one attached hydrogen (secondary N) is 2. The van der Waals surface area contributed by atoms with Gasteiger partial charge in [-0.2, -0.15) is 0 Å². The lowest BCUT2D eigenvalue weighted by molar-refractivity contribution is -0.138. The van der Waals surface area contributed by atoms with Crippen LogP contribution in [-0.4, -0.2) is 46.6 Å². The van der Waals surface area contributed by atoms with Crippen LogP contribution in [0.2, 0.25) is 0 Å². The Labute approximate surface area is 233 Å². The van der Waals surface area contributed by atoms with Gasteiger partial charge < -0.3 is 25.4 Å². The Morgan fingerprint density at radius 1 is 0.949 bits per heavy atom. The zero-order valence-corrected chi connectivity index (χ0v) is 24.3. The zero-order chi connectivity index (χ0) is 29.0. The predicted molar refractivity (Wildman–Crippen MR) is 155 cm³/mol. The summed E-state index contributed by atoms with van der Waals surface area (Å²) in [6.07, 6.45) is 5.36. The molecular weight excluding hydrogens is 494 g/mol. The fourth-order valence-electron chi connectivity index (χ4n) is 4.39. The number of para-hydroxylation sites is 1. The maximum atomic E-state index is 13.9. The number of hydrogen-bond acceptors (Lipinski definition) is 5. The van der Waals surface area contributed by atoms with Crippen molar-refractivity contribution in [3.8, 4) is 5.75 Å². The molecule has 0 saturated heterocycles. The molecule has 0 fully saturated rings. The molecule has 3 amide bonds. The van der Waals surface area contributed by atoms with E-state index in [2.05, 4.69) is 17.6 Å². The van der Waals surface area contributed by atoms with Crippen molar-refractivity contribution in [1.82, 2.24) is 10.2 Å². The van der Waals surface area contributed by atoms with Gasteiger partial charge in [-0.1, -0.05) is 69.4 Å². The van der Waals surface area contributed by atoms with Crippen LogP contribution in [0, 0.1) is 13.8 Å². The highest BCUT2D eigenvalue weighted by Crippen LogP contribution is 2.28. The zero-order valence-electron chi connectivity index (χ0n) is 24.3. The molecule has 214 valence electrons. The highest BCUT2D eigenvalue weighted by atomic mass is 16.6. The first-order chi connectivity index (χ1) is 18.4. The van der Waals surface area contributed by atoms with E-state index in [1.54, 1.807) is 32.9 Å². The van der Waals surface area contributed by atoms with Gasteiger partial charge in [-0.25, -0.2) is 4.79 Å². The van der Waals surface area contributed by atoms with Gasteiger partial charge in [-0.15, -0.1) is 0 Å². The molecule has 1 unspecified atom stereocenters. The number of ether oxygens (including phenoxy) is 1. The number of unbranched alkanes of at least 4 members (excludes halogenated alkanes) is 5. The largest absolute Gasteiger partial charge is 0.508 e. The Bertz CT molecular complexity index is 1090. The molecular formula is C31H45N3O5. The van der Waals surface area contributed by atoms with E-state index < -0.39 is 29.6 Å². The summed E-state index contributed by atoms with van der Waals surface area (Å²) < 4.78 is 5.28. The number of anilines is 1. The number of benzene rings is 2. The Morgan fingerprint density at radius 2 is 1.56 bits per heavy atom. The van der Waals surface area contributed by atoms with Gasteiger partial charge in [0.2, 0.25) is 5.91 Å². The number of phenols is 1. The van der Waals surface area contributed by atoms with Crippen LogP contribution in [0.3, 0.4) is 0 Å². The number of carbonyl (C=O) groups excluding carboxylic acids is 3. The molecule has 2 rings (SSSR count). The number of aryl methyl sites for hydroxylation is 2. The van der Waals surface area contributed by atoms with Crippen molar-refractivity contribution >= 4 is 23.6 Å². The van der Waals surface area contributed by atoms with Crippen LogP contribution in [0.15, 0.2) is 42.5 Å². The number of rotatable bonds is 13. The summed E-state index contributed by atoms with van der Waals surface area (Å²) in [7, 11) is 0. The summed E-state index contributed by atoms with van der Waals surface area (Å²) in [5, 5.41) is 15.8. The molecule has 3 N–H and O–H groups in total. The van der Waals surface area contributed by atoms with Gasteiger partial charge in [0, 0.05) is 12.2 Å². The second-order valence-corrected chi connectivity index (χ2v) is 11.0. The first kappa shape index (κ1) is 31.7. The van der Waals surface area contributed by atoms with E-state index in [1.807, 2.05) is 32.0 Å². The molecule has 8 nitrogen and oxygen atoms in total. The van der Waals surface area contributed by atoms with E-state index in [9.17, 15) is 19.5 Å². The van der Waals surface area contributed by atoms with Gasteiger partial charge in [0.15, 0.2) is 0 Å². The normalized spacial score (nSPS) is 11.9. The van der Waals surface area contributed by atoms with E-state index >= 15 is 0 Å². The van der Waals surface area contributed by atoms with Crippen LogP contribution in [0.1, 0.15) is 89.0 Å². The number of aromatic hydroxyl groups is 1. The topological polar surface area (TPSA) is 108 Å². The molecule has 39 heavy (non-hydrogen) atoms. The molecule has 0 aliphatic carbocycles. The van der Waals surface area contributed by atoms with Crippen LogP contribution < -0.4 is 10.6 Å². The van der Waals surface area contributed by atoms with Gasteiger partial charge in [0.25, 0.3) is 5.91 Å². The number of alkyl carbamates (subject to hydrolysis) is 1. The molecule has 0 bridgehead atoms. The van der Waals surface area contributed by atoms with E-state index in [1.165, 1.54) is 17.0 Å². The third-order valence-corrected chi connectivity index (χ3v) is 6.33. The first-order valence-corrected chi connectivity index (χ1v) is 13.8. The molecule has 0 radical (unpaired) electrons. The maximum Gasteiger partial charge on any atom is 0.408 e. The average molecular weight is 540 g/mol. The fourth-order valence-corrected chi connectivity index (χ4v) is 4.39. The fraction of sp³-hybridized carbons (Fsp3) is 0.516. The molecule has 0 spiro atoms. The average Bonchev–Trinajstić information content (AvgIpc) is 2.85. The van der Waals surface area contributed by atoms with Gasteiger partial charge in [-0.05, 0) is 69.9 Å². The minimum absolute atomic E-state index is 0.00350. The van der Waals surface area contributed by atoms with E-state index in [4.69, 9.17) is 4.74 Å². The molecule has 0 aromatic heterocycles. The molecule has 0 aliphatic heterocycles. The van der Waals surface area contributed by atoms with Crippen molar-refractivity contribution in [3.05, 3.63) is 59.2 Å². The smallest absolute Gasteiger partial charge is 0.408 e. The minimum atomic E-state index is -1.01. The van der Waals surface area contributed by atoms with Crippen LogP contribution in [0.5, 0.6) is 5.75 Å². The van der Waals surface area contributed by atoms with E-state index in [-0.39, 0.29) is 12.3 Å². The van der Waals surface area contributed by atoms with E-state index in [0.29, 0.717) is 24.2 Å². The molecule has 0 aliphatic rings. The van der Waals surface area contributed by atoms with E-state index in [0.717, 1.165) is 43.2 Å². The minimum Gasteiger partial charge on any atom is -0.508 e. The molecule has 0 saturated carbocycles. The van der Waals surface area contributed by atoms with Crippen molar-refractivity contribution in [2.45, 2.75) is 91.7 Å². The van der Waals surface area contributed by atoms with Crippen molar-refractivity contribution in [1.29, 1.82) is 0 Å². The second kappa shape index (κ2) is 15.1. The van der Waals surface area contributed by atoms with Crippen molar-refractivity contribution in [2.75, 3.05) is 18.4 Å². The Hall–Kier alpha value is -3.55. The standard InChI is InChI=1S/C31H45N3O5/c1-7-8-9-10-11-12-19-34(26(36)21-32-30(38)39-31(4,5)6)28(24-17-14-18-25(35)20-24)29(37)33-27-22(2)15-13-16-23(27)3/h13-18,20,28,35H,7-12,19,21H2,1-6H3,(H,32,38)(H,33,37). The number of nitrogens with zero attached hydrogens (tertiary/aromatic N) is 1. The van der Waals surface area contributed by atoms with Crippen LogP contribution in [0.25, 0.3) is 0 Å². The third kappa shape index (κ3) is 10.6. The third-order valence-electron chi connectivity index (χ3n) is 6.33. The first-order valence-electron chi connectivity index (χ1n) is 13.8. The maximum absolute atomic E-state index is 13.9. The van der Waals surface area contributed by atoms with Gasteiger partial charge in [-0.3, -0.25) is 9.59 Å². The number of amides is 3. The van der Waals surface area contributed by atoms with Gasteiger partial charge in [0.05, 0.1) is 0 Å². The SMILES string of the molecule is CCCCCCCCN(C(=O)CNC(=O)OC(C)(C)C)C(C(=O)Nc1c(C)cccc1C)c1cccc(O)c1. The number of carbonyl (C=O) groups is 3. The van der Waals surface area contributed by atoms with Crippen molar-refractivity contribution in [2.24, 2.45) is 0 Å². The number of phenolic OH excluding ortho intramolecular Hbond substituents is 1. The lowest BCUT2D eigenvalue weighted by Gasteiger charge is -2.32. The van der Waals surface area contributed by atoms with Gasteiger partial charge >= 0.3 is 6.09 Å². The molecule has 1 atom stereocenters. The molecule has 2 aromatic carbocycles. The quantitative estimate of drug-likeness (QED) is 0.255. The van der Waals surface area contributed by atoms with Crippen molar-refractivity contribution in [3.63, 3.8) is 0 Å². The highest BCUT2D eigenvalue weighted by molar-refractivity contribution is 5.99. The lowest BCUT2D eigenvalue weighted by Crippen LogP contribution is -2.47. The van der Waals surface area contributed by atoms with Crippen LogP contribution >= 0.6 is 0 Å². The second-order valence-electron chi connectivity index (χ2n) is 11.0. The van der Waals surface area contributed by atoms with Gasteiger partial charge in [0.1, 0.15) is 23.9 Å². The Morgan fingerprint density at radius 3 is 2.18 bits per heavy atom. The Balaban J connectivity index is 2.37. The molecule has 8 heteroatoms. The predicted octanol–water partition coefficient (Wildman–Crippen LogP) is 6.40. The molecule has 0 heterocycles. The summed E-state index contributed by atoms with van der Waals surface area (Å²) in [5.41, 5.74) is 2.26.